The second-order valence-corrected chi connectivity index (χ2v) is 4.77. The number of hydrogen-bond acceptors (Lipinski definition) is 3. The van der Waals surface area contributed by atoms with Crippen molar-refractivity contribution in [3.63, 3.8) is 0 Å². The van der Waals surface area contributed by atoms with E-state index in [0.29, 0.717) is 19.4 Å². The summed E-state index contributed by atoms with van der Waals surface area (Å²) >= 11 is 0. The lowest BCUT2D eigenvalue weighted by Crippen LogP contribution is -2.15. The van der Waals surface area contributed by atoms with E-state index in [4.69, 9.17) is 4.74 Å². The number of aromatic nitrogens is 2. The van der Waals surface area contributed by atoms with Crippen LogP contribution in [0.1, 0.15) is 35.1 Å². The molecule has 0 atom stereocenters. The predicted molar refractivity (Wildman–Crippen MR) is 78.3 cm³/mol. The summed E-state index contributed by atoms with van der Waals surface area (Å²) in [5.74, 6) is 0.873. The highest BCUT2D eigenvalue weighted by Gasteiger charge is 2.11. The lowest BCUT2D eigenvalue weighted by molar-refractivity contribution is 0.0884. The van der Waals surface area contributed by atoms with Crippen LogP contribution in [0.3, 0.4) is 0 Å². The highest BCUT2D eigenvalue weighted by Crippen LogP contribution is 2.19. The van der Waals surface area contributed by atoms with Crippen LogP contribution < -0.4 is 4.74 Å². The van der Waals surface area contributed by atoms with Crippen molar-refractivity contribution in [2.75, 3.05) is 6.61 Å². The minimum Gasteiger partial charge on any atom is -0.494 e. The van der Waals surface area contributed by atoms with E-state index in [9.17, 15) is 4.79 Å². The van der Waals surface area contributed by atoms with Crippen LogP contribution in [0, 0.1) is 13.8 Å². The van der Waals surface area contributed by atoms with Gasteiger partial charge in [-0.05, 0) is 44.9 Å². The van der Waals surface area contributed by atoms with Crippen molar-refractivity contribution in [1.82, 2.24) is 9.78 Å². The van der Waals surface area contributed by atoms with Gasteiger partial charge in [-0.2, -0.15) is 5.10 Å². The number of benzene rings is 1. The molecule has 4 heteroatoms. The molecule has 0 bridgehead atoms. The molecule has 0 radical (unpaired) electrons. The zero-order valence-corrected chi connectivity index (χ0v) is 12.2. The smallest absolute Gasteiger partial charge is 0.247 e. The van der Waals surface area contributed by atoms with Gasteiger partial charge in [-0.3, -0.25) is 4.79 Å². The van der Waals surface area contributed by atoms with Crippen LogP contribution in [-0.2, 0) is 6.42 Å². The van der Waals surface area contributed by atoms with Gasteiger partial charge in [0.2, 0.25) is 5.91 Å². The Kier molecular flexibility index (Phi) is 4.56. The maximum absolute atomic E-state index is 12.2. The Morgan fingerprint density at radius 1 is 1.30 bits per heavy atom. The van der Waals surface area contributed by atoms with E-state index in [1.54, 1.807) is 0 Å². The van der Waals surface area contributed by atoms with E-state index >= 15 is 0 Å². The van der Waals surface area contributed by atoms with Gasteiger partial charge in [0.25, 0.3) is 0 Å². The highest BCUT2D eigenvalue weighted by atomic mass is 16.5. The van der Waals surface area contributed by atoms with Crippen molar-refractivity contribution in [1.29, 1.82) is 0 Å². The molecule has 0 spiro atoms. The number of nitrogens with zero attached hydrogens (tertiary/aromatic N) is 2. The molecule has 0 fully saturated rings. The first-order chi connectivity index (χ1) is 9.61. The number of carbonyl (C=O) groups excluding carboxylic acids is 1. The van der Waals surface area contributed by atoms with Crippen molar-refractivity contribution in [3.05, 3.63) is 47.3 Å². The van der Waals surface area contributed by atoms with E-state index in [0.717, 1.165) is 22.7 Å². The fraction of sp³-hybridized carbons (Fsp3) is 0.375. The predicted octanol–water partition coefficient (Wildman–Crippen LogP) is 3.17. The van der Waals surface area contributed by atoms with Crippen molar-refractivity contribution < 1.29 is 9.53 Å². The van der Waals surface area contributed by atoms with Crippen molar-refractivity contribution in [2.45, 2.75) is 33.6 Å². The van der Waals surface area contributed by atoms with Crippen molar-refractivity contribution in [2.24, 2.45) is 0 Å². The molecule has 0 aliphatic rings. The Bertz CT molecular complexity index is 602. The van der Waals surface area contributed by atoms with Crippen LogP contribution in [0.25, 0.3) is 0 Å². The van der Waals surface area contributed by atoms with Crippen LogP contribution >= 0.6 is 0 Å². The zero-order valence-electron chi connectivity index (χ0n) is 12.2. The monoisotopic (exact) mass is 272 g/mol. The molecular weight excluding hydrogens is 252 g/mol. The summed E-state index contributed by atoms with van der Waals surface area (Å²) in [6.07, 6.45) is 1.08. The van der Waals surface area contributed by atoms with E-state index in [2.05, 4.69) is 5.10 Å². The van der Waals surface area contributed by atoms with Gasteiger partial charge in [-0.25, -0.2) is 4.68 Å². The number of rotatable bonds is 5. The Hall–Kier alpha value is -2.10. The zero-order chi connectivity index (χ0) is 14.5. The topological polar surface area (TPSA) is 44.1 Å². The summed E-state index contributed by atoms with van der Waals surface area (Å²) in [6, 6.07) is 9.75. The lowest BCUT2D eigenvalue weighted by atomic mass is 10.1. The summed E-state index contributed by atoms with van der Waals surface area (Å²) < 4.78 is 7.05. The molecule has 0 saturated heterocycles. The quantitative estimate of drug-likeness (QED) is 0.839. The molecule has 0 aliphatic heterocycles. The molecule has 1 aromatic carbocycles. The third kappa shape index (κ3) is 3.26. The van der Waals surface area contributed by atoms with E-state index < -0.39 is 0 Å². The first-order valence-electron chi connectivity index (χ1n) is 6.89. The van der Waals surface area contributed by atoms with Gasteiger partial charge in [0, 0.05) is 12.1 Å². The average Bonchev–Trinajstić information content (AvgIpc) is 2.77. The third-order valence-electron chi connectivity index (χ3n) is 3.13. The van der Waals surface area contributed by atoms with Crippen LogP contribution in [0.15, 0.2) is 30.3 Å². The van der Waals surface area contributed by atoms with E-state index in [1.807, 2.05) is 51.1 Å². The molecule has 2 rings (SSSR count). The number of carbonyl (C=O) groups is 1. The second kappa shape index (κ2) is 6.37. The van der Waals surface area contributed by atoms with Gasteiger partial charge >= 0.3 is 0 Å². The van der Waals surface area contributed by atoms with Crippen molar-refractivity contribution >= 4 is 5.91 Å². The SMILES string of the molecule is CCOc1ccccc1CCC(=O)n1nc(C)cc1C. The number of hydrogen-bond donors (Lipinski definition) is 0. The summed E-state index contributed by atoms with van der Waals surface area (Å²) in [5, 5.41) is 4.22. The molecule has 0 N–H and O–H groups in total. The second-order valence-electron chi connectivity index (χ2n) is 4.77. The normalized spacial score (nSPS) is 10.6. The van der Waals surface area contributed by atoms with Gasteiger partial charge in [0.05, 0.1) is 12.3 Å². The summed E-state index contributed by atoms with van der Waals surface area (Å²) in [7, 11) is 0. The fourth-order valence-corrected chi connectivity index (χ4v) is 2.24. The van der Waals surface area contributed by atoms with E-state index in [1.165, 1.54) is 4.68 Å². The average molecular weight is 272 g/mol. The first kappa shape index (κ1) is 14.3. The van der Waals surface area contributed by atoms with Crippen molar-refractivity contribution in [3.8, 4) is 5.75 Å². The molecule has 0 aliphatic carbocycles. The molecule has 0 amide bonds. The maximum Gasteiger partial charge on any atom is 0.247 e. The maximum atomic E-state index is 12.2. The Balaban J connectivity index is 2.05. The van der Waals surface area contributed by atoms with Gasteiger partial charge in [-0.15, -0.1) is 0 Å². The molecule has 0 unspecified atom stereocenters. The van der Waals surface area contributed by atoms with Crippen LogP contribution in [0.5, 0.6) is 5.75 Å². The minimum atomic E-state index is 0.0156. The Morgan fingerprint density at radius 2 is 2.05 bits per heavy atom. The summed E-state index contributed by atoms with van der Waals surface area (Å²) in [5.41, 5.74) is 2.81. The van der Waals surface area contributed by atoms with Gasteiger partial charge < -0.3 is 4.74 Å². The van der Waals surface area contributed by atoms with Crippen LogP contribution in [-0.4, -0.2) is 22.3 Å². The molecular formula is C16H20N2O2. The molecule has 1 heterocycles. The summed E-state index contributed by atoms with van der Waals surface area (Å²) in [4.78, 5) is 12.2. The first-order valence-corrected chi connectivity index (χ1v) is 6.89. The summed E-state index contributed by atoms with van der Waals surface area (Å²) in [6.45, 7) is 6.37. The third-order valence-corrected chi connectivity index (χ3v) is 3.13. The van der Waals surface area contributed by atoms with Crippen LogP contribution in [0.4, 0.5) is 0 Å². The molecule has 4 nitrogen and oxygen atoms in total. The highest BCUT2D eigenvalue weighted by molar-refractivity contribution is 5.79. The standard InChI is InChI=1S/C16H20N2O2/c1-4-20-15-8-6-5-7-14(15)9-10-16(19)18-13(3)11-12(2)17-18/h5-8,11H,4,9-10H2,1-3H3. The van der Waals surface area contributed by atoms with E-state index in [-0.39, 0.29) is 5.91 Å². The Morgan fingerprint density at radius 3 is 2.70 bits per heavy atom. The molecule has 1 aromatic heterocycles. The van der Waals surface area contributed by atoms with Gasteiger partial charge in [-0.1, -0.05) is 18.2 Å². The fourth-order valence-electron chi connectivity index (χ4n) is 2.24. The lowest BCUT2D eigenvalue weighted by Gasteiger charge is -2.09. The largest absolute Gasteiger partial charge is 0.494 e. The number of para-hydroxylation sites is 1. The van der Waals surface area contributed by atoms with Gasteiger partial charge in [0.15, 0.2) is 0 Å². The molecule has 106 valence electrons. The minimum absolute atomic E-state index is 0.0156. The molecule has 2 aromatic rings. The molecule has 0 saturated carbocycles. The Labute approximate surface area is 119 Å². The number of aryl methyl sites for hydroxylation is 3. The molecule has 20 heavy (non-hydrogen) atoms. The van der Waals surface area contributed by atoms with Crippen LogP contribution in [0.2, 0.25) is 0 Å². The van der Waals surface area contributed by atoms with Gasteiger partial charge in [0.1, 0.15) is 5.75 Å². The number of ether oxygens (including phenoxy) is 1.